The summed E-state index contributed by atoms with van der Waals surface area (Å²) in [6.07, 6.45) is -3.73. The van der Waals surface area contributed by atoms with Crippen molar-refractivity contribution in [1.29, 1.82) is 0 Å². The highest BCUT2D eigenvalue weighted by molar-refractivity contribution is 5.98. The van der Waals surface area contributed by atoms with Gasteiger partial charge in [0.25, 0.3) is 0 Å². The molecule has 4 aromatic rings. The molecule has 0 saturated heterocycles. The van der Waals surface area contributed by atoms with Crippen LogP contribution < -0.4 is 20.5 Å². The van der Waals surface area contributed by atoms with Gasteiger partial charge in [-0.05, 0) is 62.2 Å². The molecule has 0 bridgehead atoms. The third-order valence-corrected chi connectivity index (χ3v) is 6.21. The number of fused-ring (bicyclic) bond motifs is 2. The van der Waals surface area contributed by atoms with E-state index in [4.69, 9.17) is 0 Å². The van der Waals surface area contributed by atoms with Gasteiger partial charge >= 0.3 is 12.0 Å². The standard InChI is InChI=1S/C25H22F2N4O4/c1-13-5-10-20(29-21(13)14-6-8-16-17(11-14)31(4)23(33)28-16)30-22(32)24(2,3)15-7-9-18-19(12-15)35-25(26,27)34-18/h5-12H,1-4H3,(H,28,33)(H,29,30,32). The molecule has 0 unspecified atom stereocenters. The minimum Gasteiger partial charge on any atom is -0.395 e. The van der Waals surface area contributed by atoms with Crippen molar-refractivity contribution in [3.8, 4) is 22.8 Å². The molecule has 2 aromatic carbocycles. The Morgan fingerprint density at radius 3 is 2.60 bits per heavy atom. The molecule has 0 spiro atoms. The Labute approximate surface area is 198 Å². The second-order valence-corrected chi connectivity index (χ2v) is 8.99. The first-order chi connectivity index (χ1) is 16.4. The Morgan fingerprint density at radius 1 is 1.09 bits per heavy atom. The van der Waals surface area contributed by atoms with E-state index >= 15 is 0 Å². The summed E-state index contributed by atoms with van der Waals surface area (Å²) in [5, 5.41) is 2.82. The van der Waals surface area contributed by atoms with Crippen LogP contribution in [0.1, 0.15) is 25.0 Å². The molecule has 3 heterocycles. The van der Waals surface area contributed by atoms with Crippen LogP contribution in [0, 0.1) is 6.92 Å². The lowest BCUT2D eigenvalue weighted by Crippen LogP contribution is -2.35. The quantitative estimate of drug-likeness (QED) is 0.449. The van der Waals surface area contributed by atoms with Gasteiger partial charge in [-0.25, -0.2) is 9.78 Å². The maximum atomic E-state index is 13.4. The van der Waals surface area contributed by atoms with E-state index in [9.17, 15) is 18.4 Å². The van der Waals surface area contributed by atoms with E-state index in [-0.39, 0.29) is 23.1 Å². The van der Waals surface area contributed by atoms with E-state index in [1.807, 2.05) is 31.2 Å². The smallest absolute Gasteiger partial charge is 0.395 e. The lowest BCUT2D eigenvalue weighted by atomic mass is 9.83. The number of aromatic amines is 1. The van der Waals surface area contributed by atoms with Crippen LogP contribution in [0.15, 0.2) is 53.3 Å². The van der Waals surface area contributed by atoms with E-state index < -0.39 is 11.7 Å². The number of aromatic nitrogens is 3. The summed E-state index contributed by atoms with van der Waals surface area (Å²) >= 11 is 0. The number of imidazole rings is 1. The number of aryl methyl sites for hydroxylation is 2. The maximum Gasteiger partial charge on any atom is 0.586 e. The molecule has 0 atom stereocenters. The molecular formula is C25H22F2N4O4. The average molecular weight is 480 g/mol. The SMILES string of the molecule is Cc1ccc(NC(=O)C(C)(C)c2ccc3c(c2)OC(F)(F)O3)nc1-c1ccc2[nH]c(=O)n(C)c2c1. The molecule has 0 saturated carbocycles. The summed E-state index contributed by atoms with van der Waals surface area (Å²) in [5.41, 5.74) is 2.95. The zero-order chi connectivity index (χ0) is 25.1. The summed E-state index contributed by atoms with van der Waals surface area (Å²) < 4.78 is 37.2. The fraction of sp³-hybridized carbons (Fsp3) is 0.240. The number of hydrogen-bond acceptors (Lipinski definition) is 5. The molecule has 1 amide bonds. The van der Waals surface area contributed by atoms with Gasteiger partial charge in [-0.3, -0.25) is 9.36 Å². The van der Waals surface area contributed by atoms with Crippen molar-refractivity contribution in [2.75, 3.05) is 5.32 Å². The van der Waals surface area contributed by atoms with Crippen LogP contribution in [-0.2, 0) is 17.3 Å². The highest BCUT2D eigenvalue weighted by Gasteiger charge is 2.44. The molecule has 2 aromatic heterocycles. The van der Waals surface area contributed by atoms with Crippen LogP contribution in [0.25, 0.3) is 22.3 Å². The van der Waals surface area contributed by atoms with Crippen LogP contribution in [0.3, 0.4) is 0 Å². The van der Waals surface area contributed by atoms with Crippen molar-refractivity contribution in [3.05, 3.63) is 70.1 Å². The molecule has 5 rings (SSSR count). The summed E-state index contributed by atoms with van der Waals surface area (Å²) in [6, 6.07) is 13.3. The number of pyridine rings is 1. The predicted molar refractivity (Wildman–Crippen MR) is 126 cm³/mol. The molecule has 0 fully saturated rings. The number of halogens is 2. The number of nitrogens with zero attached hydrogens (tertiary/aromatic N) is 2. The number of alkyl halides is 2. The molecule has 180 valence electrons. The van der Waals surface area contributed by atoms with E-state index in [1.54, 1.807) is 33.0 Å². The van der Waals surface area contributed by atoms with Gasteiger partial charge < -0.3 is 19.8 Å². The molecule has 0 radical (unpaired) electrons. The fourth-order valence-electron chi connectivity index (χ4n) is 4.00. The first kappa shape index (κ1) is 22.6. The second kappa shape index (κ2) is 7.66. The lowest BCUT2D eigenvalue weighted by Gasteiger charge is -2.24. The number of ether oxygens (including phenoxy) is 2. The Hall–Kier alpha value is -4.21. The Kier molecular flexibility index (Phi) is 4.94. The third-order valence-electron chi connectivity index (χ3n) is 6.21. The molecule has 10 heteroatoms. The van der Waals surface area contributed by atoms with Gasteiger partial charge in [-0.15, -0.1) is 8.78 Å². The number of carbonyl (C=O) groups is 1. The van der Waals surface area contributed by atoms with E-state index in [0.29, 0.717) is 22.6 Å². The molecule has 35 heavy (non-hydrogen) atoms. The lowest BCUT2D eigenvalue weighted by molar-refractivity contribution is -0.286. The van der Waals surface area contributed by atoms with Crippen LogP contribution in [0.4, 0.5) is 14.6 Å². The van der Waals surface area contributed by atoms with Crippen molar-refractivity contribution in [2.45, 2.75) is 32.5 Å². The zero-order valence-corrected chi connectivity index (χ0v) is 19.4. The largest absolute Gasteiger partial charge is 0.586 e. The summed E-state index contributed by atoms with van der Waals surface area (Å²) in [6.45, 7) is 5.25. The Morgan fingerprint density at radius 2 is 1.83 bits per heavy atom. The van der Waals surface area contributed by atoms with Crippen molar-refractivity contribution in [2.24, 2.45) is 7.05 Å². The van der Waals surface area contributed by atoms with Gasteiger partial charge in [0.05, 0.1) is 22.1 Å². The number of anilines is 1. The highest BCUT2D eigenvalue weighted by Crippen LogP contribution is 2.43. The van der Waals surface area contributed by atoms with Crippen molar-refractivity contribution >= 4 is 22.8 Å². The van der Waals surface area contributed by atoms with Crippen LogP contribution >= 0.6 is 0 Å². The van der Waals surface area contributed by atoms with Gasteiger partial charge in [0.2, 0.25) is 5.91 Å². The van der Waals surface area contributed by atoms with Gasteiger partial charge in [-0.2, -0.15) is 0 Å². The zero-order valence-electron chi connectivity index (χ0n) is 19.4. The third kappa shape index (κ3) is 3.90. The first-order valence-corrected chi connectivity index (χ1v) is 10.8. The minimum atomic E-state index is -3.73. The van der Waals surface area contributed by atoms with Crippen LogP contribution in [0.5, 0.6) is 11.5 Å². The van der Waals surface area contributed by atoms with Gasteiger partial charge in [0.15, 0.2) is 11.5 Å². The highest BCUT2D eigenvalue weighted by atomic mass is 19.3. The van der Waals surface area contributed by atoms with Gasteiger partial charge in [0.1, 0.15) is 5.82 Å². The molecule has 1 aliphatic rings. The molecule has 8 nitrogen and oxygen atoms in total. The van der Waals surface area contributed by atoms with Gasteiger partial charge in [0, 0.05) is 12.6 Å². The van der Waals surface area contributed by atoms with E-state index in [1.165, 1.54) is 16.7 Å². The number of carbonyl (C=O) groups excluding carboxylic acids is 1. The first-order valence-electron chi connectivity index (χ1n) is 10.8. The number of amides is 1. The average Bonchev–Trinajstić information content (AvgIpc) is 3.27. The van der Waals surface area contributed by atoms with Crippen LogP contribution in [-0.4, -0.2) is 26.7 Å². The fourth-order valence-corrected chi connectivity index (χ4v) is 4.00. The Balaban J connectivity index is 1.43. The number of nitrogens with one attached hydrogen (secondary N) is 2. The molecule has 0 aliphatic carbocycles. The normalized spacial score (nSPS) is 14.3. The van der Waals surface area contributed by atoms with Gasteiger partial charge in [-0.1, -0.05) is 18.2 Å². The summed E-state index contributed by atoms with van der Waals surface area (Å²) in [5.74, 6) is -0.261. The summed E-state index contributed by atoms with van der Waals surface area (Å²) in [4.78, 5) is 32.5. The number of rotatable bonds is 4. The van der Waals surface area contributed by atoms with E-state index in [0.717, 1.165) is 16.6 Å². The van der Waals surface area contributed by atoms with Crippen molar-refractivity contribution in [3.63, 3.8) is 0 Å². The maximum absolute atomic E-state index is 13.4. The van der Waals surface area contributed by atoms with Crippen LogP contribution in [0.2, 0.25) is 0 Å². The molecule has 2 N–H and O–H groups in total. The second-order valence-electron chi connectivity index (χ2n) is 8.99. The molecular weight excluding hydrogens is 458 g/mol. The predicted octanol–water partition coefficient (Wildman–Crippen LogP) is 4.47. The molecule has 1 aliphatic heterocycles. The number of benzene rings is 2. The monoisotopic (exact) mass is 480 g/mol. The number of hydrogen-bond donors (Lipinski definition) is 2. The Bertz CT molecular complexity index is 1560. The summed E-state index contributed by atoms with van der Waals surface area (Å²) in [7, 11) is 1.68. The van der Waals surface area contributed by atoms with Crippen molar-refractivity contribution in [1.82, 2.24) is 14.5 Å². The topological polar surface area (TPSA) is 98.2 Å². The van der Waals surface area contributed by atoms with E-state index in [2.05, 4.69) is 24.8 Å². The number of H-pyrrole nitrogens is 1. The van der Waals surface area contributed by atoms with Crippen molar-refractivity contribution < 1.29 is 23.0 Å². The minimum absolute atomic E-state index is 0.0864.